The van der Waals surface area contributed by atoms with Crippen LogP contribution in [0.4, 0.5) is 0 Å². The second-order valence-corrected chi connectivity index (χ2v) is 8.51. The van der Waals surface area contributed by atoms with Crippen molar-refractivity contribution in [2.75, 3.05) is 6.54 Å². The van der Waals surface area contributed by atoms with E-state index in [2.05, 4.69) is 16.2 Å². The van der Waals surface area contributed by atoms with Gasteiger partial charge in [-0.15, -0.1) is 0 Å². The highest BCUT2D eigenvalue weighted by Crippen LogP contribution is 2.33. The highest BCUT2D eigenvalue weighted by Gasteiger charge is 2.35. The van der Waals surface area contributed by atoms with Gasteiger partial charge in [-0.2, -0.15) is 0 Å². The molecular weight excluding hydrogens is 404 g/mol. The average Bonchev–Trinajstić information content (AvgIpc) is 3.52. The van der Waals surface area contributed by atoms with Crippen LogP contribution in [-0.2, 0) is 13.0 Å². The molecule has 32 heavy (non-hydrogen) atoms. The van der Waals surface area contributed by atoms with Crippen LogP contribution in [0.1, 0.15) is 51.8 Å². The number of amides is 1. The molecule has 1 atom stereocenters. The van der Waals surface area contributed by atoms with Gasteiger partial charge in [-0.05, 0) is 56.4 Å². The number of H-pyrrole nitrogens is 1. The Labute approximate surface area is 185 Å². The Morgan fingerprint density at radius 3 is 2.91 bits per heavy atom. The summed E-state index contributed by atoms with van der Waals surface area (Å²) in [5, 5.41) is 5.12. The molecule has 0 radical (unpaired) electrons. The maximum Gasteiger partial charge on any atom is 0.263 e. The minimum Gasteiger partial charge on any atom is -0.361 e. The van der Waals surface area contributed by atoms with Gasteiger partial charge in [-0.25, -0.2) is 0 Å². The van der Waals surface area contributed by atoms with Gasteiger partial charge in [0.25, 0.3) is 11.5 Å². The van der Waals surface area contributed by atoms with Crippen molar-refractivity contribution in [3.63, 3.8) is 0 Å². The number of benzene rings is 1. The number of likely N-dealkylation sites (tertiary alicyclic amines) is 1. The van der Waals surface area contributed by atoms with Gasteiger partial charge >= 0.3 is 0 Å². The first kappa shape index (κ1) is 20.3. The molecule has 1 saturated heterocycles. The molecule has 1 aliphatic rings. The van der Waals surface area contributed by atoms with Crippen molar-refractivity contribution in [3.8, 4) is 0 Å². The zero-order valence-corrected chi connectivity index (χ0v) is 18.3. The van der Waals surface area contributed by atoms with E-state index in [1.165, 1.54) is 0 Å². The van der Waals surface area contributed by atoms with Crippen LogP contribution >= 0.6 is 0 Å². The second kappa shape index (κ2) is 8.15. The summed E-state index contributed by atoms with van der Waals surface area (Å²) in [6.07, 6.45) is 6.15. The summed E-state index contributed by atoms with van der Waals surface area (Å²) < 4.78 is 7.08. The minimum atomic E-state index is -0.241. The fourth-order valence-corrected chi connectivity index (χ4v) is 4.67. The molecule has 0 aliphatic carbocycles. The lowest BCUT2D eigenvalue weighted by molar-refractivity contribution is 0.0711. The average molecular weight is 431 g/mol. The quantitative estimate of drug-likeness (QED) is 0.515. The number of hydrogen-bond donors (Lipinski definition) is 1. The van der Waals surface area contributed by atoms with Gasteiger partial charge in [-0.3, -0.25) is 9.59 Å². The van der Waals surface area contributed by atoms with Gasteiger partial charge in [0.05, 0.1) is 11.7 Å². The molecule has 1 unspecified atom stereocenters. The predicted octanol–water partition coefficient (Wildman–Crippen LogP) is 4.15. The number of hydrogen-bond acceptors (Lipinski definition) is 4. The molecule has 4 aromatic rings. The van der Waals surface area contributed by atoms with Crippen LogP contribution in [0.2, 0.25) is 0 Å². The van der Waals surface area contributed by atoms with E-state index in [0.29, 0.717) is 30.8 Å². The Bertz CT molecular complexity index is 1350. The number of rotatable bonds is 5. The molecule has 1 fully saturated rings. The number of aromatic nitrogens is 3. The third-order valence-corrected chi connectivity index (χ3v) is 6.37. The summed E-state index contributed by atoms with van der Waals surface area (Å²) in [6.45, 7) is 4.79. The van der Waals surface area contributed by atoms with Gasteiger partial charge in [0.2, 0.25) is 0 Å². The van der Waals surface area contributed by atoms with Gasteiger partial charge in [0, 0.05) is 42.5 Å². The largest absolute Gasteiger partial charge is 0.361 e. The van der Waals surface area contributed by atoms with E-state index in [-0.39, 0.29) is 23.1 Å². The maximum absolute atomic E-state index is 13.5. The molecule has 164 valence electrons. The monoisotopic (exact) mass is 430 g/mol. The normalized spacial score (nSPS) is 16.2. The fourth-order valence-electron chi connectivity index (χ4n) is 4.67. The van der Waals surface area contributed by atoms with Crippen LogP contribution in [0.15, 0.2) is 58.1 Å². The molecular formula is C25H26N4O3. The number of nitrogens with one attached hydrogen (secondary N) is 1. The predicted molar refractivity (Wildman–Crippen MR) is 122 cm³/mol. The number of fused-ring (bicyclic) bond motifs is 1. The van der Waals surface area contributed by atoms with Gasteiger partial charge in [0.15, 0.2) is 5.76 Å². The van der Waals surface area contributed by atoms with Gasteiger partial charge in [0.1, 0.15) is 5.56 Å². The van der Waals surface area contributed by atoms with Crippen LogP contribution in [0.25, 0.3) is 10.9 Å². The van der Waals surface area contributed by atoms with Crippen molar-refractivity contribution < 1.29 is 9.32 Å². The van der Waals surface area contributed by atoms with E-state index in [4.69, 9.17) is 4.52 Å². The highest BCUT2D eigenvalue weighted by atomic mass is 16.5. The van der Waals surface area contributed by atoms with Gasteiger partial charge in [-0.1, -0.05) is 23.4 Å². The molecule has 0 saturated carbocycles. The van der Waals surface area contributed by atoms with Crippen molar-refractivity contribution in [3.05, 3.63) is 87.3 Å². The van der Waals surface area contributed by atoms with Crippen LogP contribution < -0.4 is 5.56 Å². The van der Waals surface area contributed by atoms with Crippen molar-refractivity contribution in [1.82, 2.24) is 19.6 Å². The standard InChI is InChI=1S/C25H26N4O3/c1-16-9-12-28(13-10-18-15-26-20-7-4-3-6-19(18)20)24(30)23(16)25(31)29-11-5-8-21(29)22-14-17(2)27-32-22/h3-4,6-7,9,12,14-15,21,26H,5,8,10-11,13H2,1-2H3. The fraction of sp³-hybridized carbons (Fsp3) is 0.320. The smallest absolute Gasteiger partial charge is 0.263 e. The lowest BCUT2D eigenvalue weighted by Crippen LogP contribution is -2.37. The molecule has 3 aromatic heterocycles. The number of aryl methyl sites for hydroxylation is 4. The molecule has 4 heterocycles. The minimum absolute atomic E-state index is 0.178. The summed E-state index contributed by atoms with van der Waals surface area (Å²) in [4.78, 5) is 31.8. The number of carbonyl (C=O) groups is 1. The molecule has 1 amide bonds. The summed E-state index contributed by atoms with van der Waals surface area (Å²) in [6, 6.07) is 11.7. The van der Waals surface area contributed by atoms with Crippen molar-refractivity contribution in [2.45, 2.75) is 45.7 Å². The highest BCUT2D eigenvalue weighted by molar-refractivity contribution is 5.95. The molecule has 7 nitrogen and oxygen atoms in total. The number of nitrogens with zero attached hydrogens (tertiary/aromatic N) is 3. The van der Waals surface area contributed by atoms with Crippen LogP contribution in [0.3, 0.4) is 0 Å². The Morgan fingerprint density at radius 1 is 1.25 bits per heavy atom. The molecule has 0 spiro atoms. The summed E-state index contributed by atoms with van der Waals surface area (Å²) in [7, 11) is 0. The number of carbonyl (C=O) groups excluding carboxylic acids is 1. The summed E-state index contributed by atoms with van der Waals surface area (Å²) >= 11 is 0. The third-order valence-electron chi connectivity index (χ3n) is 6.37. The van der Waals surface area contributed by atoms with Crippen LogP contribution in [0.5, 0.6) is 0 Å². The molecule has 1 aromatic carbocycles. The van der Waals surface area contributed by atoms with Gasteiger partial charge < -0.3 is 19.0 Å². The zero-order chi connectivity index (χ0) is 22.2. The van der Waals surface area contributed by atoms with Crippen LogP contribution in [0, 0.1) is 13.8 Å². The maximum atomic E-state index is 13.5. The van der Waals surface area contributed by atoms with E-state index in [0.717, 1.165) is 35.0 Å². The lowest BCUT2D eigenvalue weighted by Gasteiger charge is -2.23. The van der Waals surface area contributed by atoms with E-state index in [9.17, 15) is 9.59 Å². The van der Waals surface area contributed by atoms with Crippen LogP contribution in [-0.4, -0.2) is 32.1 Å². The number of aromatic amines is 1. The Morgan fingerprint density at radius 2 is 2.09 bits per heavy atom. The molecule has 1 aliphatic heterocycles. The first-order valence-electron chi connectivity index (χ1n) is 11.0. The Hall–Kier alpha value is -3.61. The van der Waals surface area contributed by atoms with E-state index in [1.54, 1.807) is 15.7 Å². The Balaban J connectivity index is 1.41. The van der Waals surface area contributed by atoms with Crippen molar-refractivity contribution in [1.29, 1.82) is 0 Å². The second-order valence-electron chi connectivity index (χ2n) is 8.51. The first-order chi connectivity index (χ1) is 15.5. The molecule has 7 heteroatoms. The zero-order valence-electron chi connectivity index (χ0n) is 18.3. The molecule has 1 N–H and O–H groups in total. The Kier molecular flexibility index (Phi) is 5.17. The summed E-state index contributed by atoms with van der Waals surface area (Å²) in [5.74, 6) is 0.451. The third kappa shape index (κ3) is 3.53. The van der Waals surface area contributed by atoms with E-state index >= 15 is 0 Å². The molecule has 0 bridgehead atoms. The lowest BCUT2D eigenvalue weighted by atomic mass is 10.1. The molecule has 5 rings (SSSR count). The van der Waals surface area contributed by atoms with Crippen molar-refractivity contribution in [2.24, 2.45) is 0 Å². The van der Waals surface area contributed by atoms with E-state index < -0.39 is 0 Å². The SMILES string of the molecule is Cc1cc(C2CCCN2C(=O)c2c(C)ccn(CCc3c[nH]c4ccccc34)c2=O)on1. The number of pyridine rings is 1. The number of para-hydroxylation sites is 1. The summed E-state index contributed by atoms with van der Waals surface area (Å²) in [5.41, 5.74) is 3.72. The van der Waals surface area contributed by atoms with E-state index in [1.807, 2.05) is 50.4 Å². The van der Waals surface area contributed by atoms with Crippen molar-refractivity contribution >= 4 is 16.8 Å². The first-order valence-corrected chi connectivity index (χ1v) is 11.0. The topological polar surface area (TPSA) is 84.1 Å².